The number of fused-ring (bicyclic) bond motifs is 4. The fourth-order valence-corrected chi connectivity index (χ4v) is 14.8. The van der Waals surface area contributed by atoms with Crippen LogP contribution in [-0.2, 0) is 29.4 Å². The number of halogens is 1. The van der Waals surface area contributed by atoms with Crippen molar-refractivity contribution in [3.63, 3.8) is 0 Å². The summed E-state index contributed by atoms with van der Waals surface area (Å²) < 4.78 is 17.9. The van der Waals surface area contributed by atoms with E-state index in [2.05, 4.69) is 42.8 Å². The highest BCUT2D eigenvalue weighted by Crippen LogP contribution is 2.53. The minimum atomic E-state index is -1.05. The Morgan fingerprint density at radius 3 is 2.26 bits per heavy atom. The van der Waals surface area contributed by atoms with Crippen LogP contribution in [0.3, 0.4) is 0 Å². The molecular weight excluding hydrogens is 1100 g/mol. The highest BCUT2D eigenvalue weighted by atomic mass is 19.1. The highest BCUT2D eigenvalue weighted by molar-refractivity contribution is 6.25. The molecular formula is C65H75FN12O8. The quantitative estimate of drug-likeness (QED) is 0.0980. The van der Waals surface area contributed by atoms with Gasteiger partial charge in [0.15, 0.2) is 5.82 Å². The first kappa shape index (κ1) is 57.0. The Morgan fingerprint density at radius 1 is 0.802 bits per heavy atom. The summed E-state index contributed by atoms with van der Waals surface area (Å²) in [5.41, 5.74) is 5.74. The molecule has 8 amide bonds. The second-order valence-electron chi connectivity index (χ2n) is 25.8. The number of hydrogen-bond donors (Lipinski definition) is 3. The summed E-state index contributed by atoms with van der Waals surface area (Å²) in [7, 11) is 0. The maximum atomic E-state index is 16.0. The number of imidazole rings is 1. The van der Waals surface area contributed by atoms with Crippen molar-refractivity contribution in [2.45, 2.75) is 147 Å². The lowest BCUT2D eigenvalue weighted by atomic mass is 9.73. The van der Waals surface area contributed by atoms with Crippen LogP contribution in [0.25, 0.3) is 22.3 Å². The predicted octanol–water partition coefficient (Wildman–Crippen LogP) is 7.40. The van der Waals surface area contributed by atoms with Crippen LogP contribution in [0.4, 0.5) is 27.3 Å². The average Bonchev–Trinajstić information content (AvgIpc) is 1.58. The molecule has 1 saturated carbocycles. The van der Waals surface area contributed by atoms with E-state index in [1.807, 2.05) is 55.4 Å². The number of rotatable bonds is 13. The minimum absolute atomic E-state index is 0.00110. The monoisotopic (exact) mass is 1170 g/mol. The second-order valence-corrected chi connectivity index (χ2v) is 25.8. The fraction of sp³-hybridized carbons (Fsp3) is 0.508. The third-order valence-corrected chi connectivity index (χ3v) is 19.8. The van der Waals surface area contributed by atoms with Crippen LogP contribution in [0.15, 0.2) is 60.9 Å². The van der Waals surface area contributed by atoms with Gasteiger partial charge in [0, 0.05) is 93.1 Å². The van der Waals surface area contributed by atoms with Gasteiger partial charge in [-0.15, -0.1) is 0 Å². The van der Waals surface area contributed by atoms with E-state index >= 15 is 9.18 Å². The van der Waals surface area contributed by atoms with Crippen LogP contribution in [0.1, 0.15) is 153 Å². The molecule has 1 aliphatic carbocycles. The van der Waals surface area contributed by atoms with E-state index in [0.29, 0.717) is 117 Å². The van der Waals surface area contributed by atoms with Gasteiger partial charge in [-0.2, -0.15) is 0 Å². The number of aryl methyl sites for hydroxylation is 1. The first-order valence-corrected chi connectivity index (χ1v) is 31.0. The molecule has 2 aromatic heterocycles. The predicted molar refractivity (Wildman–Crippen MR) is 320 cm³/mol. The Kier molecular flexibility index (Phi) is 14.8. The SMILES string of the molecule is Cc1cc(F)c(Nc2nc(-c3ccc4c(c3)N(C3CC(N5CCCCC5)C3)C(=O)C43CCN(C(=O)C4CN(C(=O)CC5CCN(c6cccc7c6C(=O)N(C6CCC(=O)NC6=O)C7=O)CC5)C4)CC3)cc3ncn(C(C)C)c23)cc1C(=O)NC(C)C. The largest absolute Gasteiger partial charge is 0.371 e. The van der Waals surface area contributed by atoms with Crippen LogP contribution in [0, 0.1) is 24.6 Å². The number of carbonyl (C=O) groups is 8. The molecule has 0 radical (unpaired) electrons. The van der Waals surface area contributed by atoms with Crippen molar-refractivity contribution in [2.75, 3.05) is 67.5 Å². The molecule has 1 spiro atoms. The topological polar surface area (TPSA) is 223 Å². The van der Waals surface area contributed by atoms with Gasteiger partial charge in [0.25, 0.3) is 17.7 Å². The van der Waals surface area contributed by atoms with Gasteiger partial charge in [-0.1, -0.05) is 24.6 Å². The molecule has 21 heteroatoms. The van der Waals surface area contributed by atoms with Gasteiger partial charge >= 0.3 is 0 Å². The summed E-state index contributed by atoms with van der Waals surface area (Å²) in [6.07, 6.45) is 9.91. The first-order valence-electron chi connectivity index (χ1n) is 31.0. The van der Waals surface area contributed by atoms with Crippen LogP contribution in [-0.4, -0.2) is 158 Å². The molecule has 3 N–H and O–H groups in total. The van der Waals surface area contributed by atoms with Crippen molar-refractivity contribution in [2.24, 2.45) is 11.8 Å². The Hall–Kier alpha value is -8.07. The van der Waals surface area contributed by atoms with Crippen molar-refractivity contribution >= 4 is 81.2 Å². The third-order valence-electron chi connectivity index (χ3n) is 19.8. The number of pyridine rings is 1. The Bertz CT molecular complexity index is 3640. The smallest absolute Gasteiger partial charge is 0.264 e. The lowest BCUT2D eigenvalue weighted by Gasteiger charge is -2.48. The van der Waals surface area contributed by atoms with Crippen molar-refractivity contribution in [1.82, 2.24) is 44.8 Å². The molecule has 3 aromatic carbocycles. The lowest BCUT2D eigenvalue weighted by molar-refractivity contribution is -0.151. The van der Waals surface area contributed by atoms with E-state index in [0.717, 1.165) is 47.6 Å². The van der Waals surface area contributed by atoms with E-state index < -0.39 is 40.9 Å². The van der Waals surface area contributed by atoms with Crippen LogP contribution < -0.4 is 25.8 Å². The molecule has 86 heavy (non-hydrogen) atoms. The summed E-state index contributed by atoms with van der Waals surface area (Å²) in [5.74, 6) is -2.78. The number of anilines is 4. The number of aromatic nitrogens is 3. The number of carbonyl (C=O) groups excluding carboxylic acids is 8. The molecule has 1 atom stereocenters. The molecule has 8 aliphatic rings. The van der Waals surface area contributed by atoms with E-state index in [4.69, 9.17) is 9.97 Å². The van der Waals surface area contributed by atoms with Crippen LogP contribution in [0.2, 0.25) is 0 Å². The number of imide groups is 2. The molecule has 0 bridgehead atoms. The summed E-state index contributed by atoms with van der Waals surface area (Å²) >= 11 is 0. The summed E-state index contributed by atoms with van der Waals surface area (Å²) in [5, 5.41) is 8.44. The summed E-state index contributed by atoms with van der Waals surface area (Å²) in [4.78, 5) is 130. The van der Waals surface area contributed by atoms with Gasteiger partial charge < -0.3 is 39.7 Å². The Balaban J connectivity index is 0.682. The van der Waals surface area contributed by atoms with E-state index in [9.17, 15) is 33.6 Å². The van der Waals surface area contributed by atoms with Gasteiger partial charge in [-0.25, -0.2) is 14.4 Å². The standard InChI is InChI=1S/C65H75FN12O8/c1-36(2)68-59(81)45-31-49(47(66)26-38(45)5)70-58-57-50(67-35-76(57)37(3)4)32-48(69-58)40-12-13-46-53(28-40)77(43-29-42(30-43)72-20-7-6-8-21-72)64(86)65(46)18-24-74(25-19-65)61(83)41-33-75(34-41)55(80)27-39-16-22-73(23-17-39)51-11-9-10-44-56(51)63(85)78(62(44)84)52-14-15-54(79)71-60(52)82/h9-13,26,28,31-32,35-37,39,41-43,52H,6-8,14-25,27,29-30,33-34H2,1-5H3,(H,68,81)(H,69,70)(H,71,79,82). The summed E-state index contributed by atoms with van der Waals surface area (Å²) in [6, 6.07) is 15.4. The van der Waals surface area contributed by atoms with Gasteiger partial charge in [0.2, 0.25) is 29.5 Å². The molecule has 9 heterocycles. The van der Waals surface area contributed by atoms with Crippen LogP contribution >= 0.6 is 0 Å². The highest BCUT2D eigenvalue weighted by Gasteiger charge is 2.57. The number of nitrogens with zero attached hydrogens (tertiary/aromatic N) is 9. The zero-order valence-electron chi connectivity index (χ0n) is 49.6. The molecule has 5 aromatic rings. The number of amides is 8. The van der Waals surface area contributed by atoms with Gasteiger partial charge in [-0.3, -0.25) is 48.6 Å². The van der Waals surface area contributed by atoms with Crippen molar-refractivity contribution < 1.29 is 42.7 Å². The van der Waals surface area contributed by atoms with E-state index in [1.165, 1.54) is 31.4 Å². The molecule has 7 aliphatic heterocycles. The maximum Gasteiger partial charge on any atom is 0.264 e. The maximum absolute atomic E-state index is 16.0. The van der Waals surface area contributed by atoms with Crippen molar-refractivity contribution in [3.05, 3.63) is 94.6 Å². The summed E-state index contributed by atoms with van der Waals surface area (Å²) in [6.45, 7) is 14.3. The molecule has 5 saturated heterocycles. The van der Waals surface area contributed by atoms with Crippen molar-refractivity contribution in [1.29, 1.82) is 0 Å². The van der Waals surface area contributed by atoms with E-state index in [-0.39, 0.29) is 83.2 Å². The van der Waals surface area contributed by atoms with Crippen molar-refractivity contribution in [3.8, 4) is 11.3 Å². The first-order chi connectivity index (χ1) is 41.3. The fourth-order valence-electron chi connectivity index (χ4n) is 14.8. The number of benzene rings is 3. The second kappa shape index (κ2) is 22.3. The number of likely N-dealkylation sites (tertiary alicyclic amines) is 3. The molecule has 450 valence electrons. The lowest BCUT2D eigenvalue weighted by Crippen LogP contribution is -2.60. The zero-order valence-corrected chi connectivity index (χ0v) is 49.6. The molecule has 20 nitrogen and oxygen atoms in total. The molecule has 13 rings (SSSR count). The van der Waals surface area contributed by atoms with Gasteiger partial charge in [-0.05, 0) is 159 Å². The average molecular weight is 1170 g/mol. The Labute approximate surface area is 499 Å². The van der Waals surface area contributed by atoms with E-state index in [1.54, 1.807) is 30.3 Å². The normalized spacial score (nSPS) is 22.7. The minimum Gasteiger partial charge on any atom is -0.371 e. The van der Waals surface area contributed by atoms with Crippen LogP contribution in [0.5, 0.6) is 0 Å². The molecule has 6 fully saturated rings. The number of nitrogens with one attached hydrogen (secondary N) is 3. The number of hydrogen-bond acceptors (Lipinski definition) is 13. The van der Waals surface area contributed by atoms with Gasteiger partial charge in [0.1, 0.15) is 17.4 Å². The third kappa shape index (κ3) is 9.96. The van der Waals surface area contributed by atoms with Gasteiger partial charge in [0.05, 0.1) is 51.4 Å². The zero-order chi connectivity index (χ0) is 60.0. The molecule has 1 unspecified atom stereocenters. The number of piperidine rings is 4. The Morgan fingerprint density at radius 2 is 1.55 bits per heavy atom.